The quantitative estimate of drug-likeness (QED) is 0.862. The van der Waals surface area contributed by atoms with Gasteiger partial charge in [-0.15, -0.1) is 0 Å². The highest BCUT2D eigenvalue weighted by atomic mass is 19.1. The lowest BCUT2D eigenvalue weighted by molar-refractivity contribution is -0.143. The molecule has 0 aliphatic carbocycles. The average Bonchev–Trinajstić information content (AvgIpc) is 2.34. The van der Waals surface area contributed by atoms with Crippen LogP contribution >= 0.6 is 0 Å². The van der Waals surface area contributed by atoms with Gasteiger partial charge in [-0.1, -0.05) is 6.07 Å². The lowest BCUT2D eigenvalue weighted by Crippen LogP contribution is -2.38. The molecular formula is C13H16FNO3. The zero-order valence-electron chi connectivity index (χ0n) is 9.97. The molecule has 5 heteroatoms. The summed E-state index contributed by atoms with van der Waals surface area (Å²) in [5.74, 6) is -2.10. The minimum Gasteiger partial charge on any atom is -0.505 e. The molecule has 0 aromatic heterocycles. The van der Waals surface area contributed by atoms with Gasteiger partial charge in [-0.05, 0) is 37.1 Å². The van der Waals surface area contributed by atoms with E-state index >= 15 is 0 Å². The molecule has 1 aliphatic heterocycles. The second-order valence-electron chi connectivity index (χ2n) is 4.70. The SMILES string of the molecule is O=C(O)C1CCCN(Cc2ccc(O)c(F)c2)C1. The van der Waals surface area contributed by atoms with Crippen molar-refractivity contribution in [3.8, 4) is 5.75 Å². The molecule has 1 unspecified atom stereocenters. The first kappa shape index (κ1) is 12.8. The third-order valence-electron chi connectivity index (χ3n) is 3.27. The third-order valence-corrected chi connectivity index (χ3v) is 3.27. The Morgan fingerprint density at radius 2 is 2.28 bits per heavy atom. The molecule has 0 spiro atoms. The van der Waals surface area contributed by atoms with E-state index in [0.29, 0.717) is 19.5 Å². The number of hydrogen-bond acceptors (Lipinski definition) is 3. The maximum atomic E-state index is 13.2. The smallest absolute Gasteiger partial charge is 0.307 e. The first-order valence-corrected chi connectivity index (χ1v) is 5.99. The van der Waals surface area contributed by atoms with Gasteiger partial charge < -0.3 is 10.2 Å². The zero-order chi connectivity index (χ0) is 13.1. The molecule has 1 aromatic carbocycles. The van der Waals surface area contributed by atoms with Crippen molar-refractivity contribution in [3.05, 3.63) is 29.6 Å². The van der Waals surface area contributed by atoms with Gasteiger partial charge in [0.2, 0.25) is 0 Å². The van der Waals surface area contributed by atoms with Crippen molar-refractivity contribution in [2.45, 2.75) is 19.4 Å². The predicted molar refractivity (Wildman–Crippen MR) is 63.7 cm³/mol. The molecule has 1 aliphatic rings. The van der Waals surface area contributed by atoms with Gasteiger partial charge in [-0.3, -0.25) is 9.69 Å². The summed E-state index contributed by atoms with van der Waals surface area (Å²) in [6.45, 7) is 1.84. The fraction of sp³-hybridized carbons (Fsp3) is 0.462. The highest BCUT2D eigenvalue weighted by Gasteiger charge is 2.25. The fourth-order valence-corrected chi connectivity index (χ4v) is 2.31. The molecule has 0 radical (unpaired) electrons. The Morgan fingerprint density at radius 1 is 1.50 bits per heavy atom. The van der Waals surface area contributed by atoms with Gasteiger partial charge in [0.1, 0.15) is 0 Å². The largest absolute Gasteiger partial charge is 0.505 e. The van der Waals surface area contributed by atoms with E-state index in [1.165, 1.54) is 12.1 Å². The molecule has 0 saturated carbocycles. The van der Waals surface area contributed by atoms with Crippen LogP contribution in [0.5, 0.6) is 5.75 Å². The van der Waals surface area contributed by atoms with Crippen LogP contribution in [0.4, 0.5) is 4.39 Å². The molecule has 1 fully saturated rings. The highest BCUT2D eigenvalue weighted by molar-refractivity contribution is 5.70. The molecule has 1 heterocycles. The van der Waals surface area contributed by atoms with Crippen molar-refractivity contribution in [3.63, 3.8) is 0 Å². The van der Waals surface area contributed by atoms with Crippen LogP contribution in [0.2, 0.25) is 0 Å². The zero-order valence-corrected chi connectivity index (χ0v) is 9.97. The van der Waals surface area contributed by atoms with Crippen molar-refractivity contribution >= 4 is 5.97 Å². The molecule has 0 amide bonds. The number of carbonyl (C=O) groups is 1. The molecule has 1 atom stereocenters. The molecular weight excluding hydrogens is 237 g/mol. The van der Waals surface area contributed by atoms with E-state index in [2.05, 4.69) is 0 Å². The van der Waals surface area contributed by atoms with E-state index in [4.69, 9.17) is 10.2 Å². The molecule has 1 aromatic rings. The van der Waals surface area contributed by atoms with Crippen molar-refractivity contribution in [2.24, 2.45) is 5.92 Å². The topological polar surface area (TPSA) is 60.8 Å². The summed E-state index contributed by atoms with van der Waals surface area (Å²) in [5, 5.41) is 18.1. The summed E-state index contributed by atoms with van der Waals surface area (Å²) < 4.78 is 13.2. The number of hydrogen-bond donors (Lipinski definition) is 2. The lowest BCUT2D eigenvalue weighted by atomic mass is 9.98. The highest BCUT2D eigenvalue weighted by Crippen LogP contribution is 2.21. The monoisotopic (exact) mass is 253 g/mol. The second kappa shape index (κ2) is 5.35. The molecule has 1 saturated heterocycles. The van der Waals surface area contributed by atoms with Crippen LogP contribution in [0, 0.1) is 11.7 Å². The van der Waals surface area contributed by atoms with Crippen LogP contribution in [0.25, 0.3) is 0 Å². The van der Waals surface area contributed by atoms with Crippen LogP contribution in [-0.4, -0.2) is 34.2 Å². The number of halogens is 1. The summed E-state index contributed by atoms with van der Waals surface area (Å²) in [6, 6.07) is 4.27. The molecule has 2 rings (SSSR count). The maximum absolute atomic E-state index is 13.2. The Kier molecular flexibility index (Phi) is 3.81. The van der Waals surface area contributed by atoms with Gasteiger partial charge in [0.15, 0.2) is 11.6 Å². The minimum absolute atomic E-state index is 0.333. The number of phenolic OH excluding ortho intramolecular Hbond substituents is 1. The number of aromatic hydroxyl groups is 1. The van der Waals surface area contributed by atoms with Crippen LogP contribution in [0.3, 0.4) is 0 Å². The number of likely N-dealkylation sites (tertiary alicyclic amines) is 1. The van der Waals surface area contributed by atoms with Gasteiger partial charge in [-0.2, -0.15) is 0 Å². The Labute approximate surface area is 105 Å². The number of benzene rings is 1. The summed E-state index contributed by atoms with van der Waals surface area (Å²) in [7, 11) is 0. The molecule has 0 bridgehead atoms. The normalized spacial score (nSPS) is 20.8. The van der Waals surface area contributed by atoms with Gasteiger partial charge in [0.25, 0.3) is 0 Å². The van der Waals surface area contributed by atoms with Crippen LogP contribution in [0.15, 0.2) is 18.2 Å². The summed E-state index contributed by atoms with van der Waals surface area (Å²) in [6.07, 6.45) is 1.55. The van der Waals surface area contributed by atoms with E-state index in [9.17, 15) is 9.18 Å². The van der Waals surface area contributed by atoms with E-state index in [-0.39, 0.29) is 11.7 Å². The number of rotatable bonds is 3. The molecule has 98 valence electrons. The van der Waals surface area contributed by atoms with E-state index in [0.717, 1.165) is 18.5 Å². The summed E-state index contributed by atoms with van der Waals surface area (Å²) in [4.78, 5) is 12.9. The van der Waals surface area contributed by atoms with Crippen molar-refractivity contribution < 1.29 is 19.4 Å². The Morgan fingerprint density at radius 3 is 2.94 bits per heavy atom. The first-order chi connectivity index (χ1) is 8.56. The number of carboxylic acids is 1. The lowest BCUT2D eigenvalue weighted by Gasteiger charge is -2.30. The van der Waals surface area contributed by atoms with Crippen molar-refractivity contribution in [1.82, 2.24) is 4.90 Å². The van der Waals surface area contributed by atoms with Gasteiger partial charge in [-0.25, -0.2) is 4.39 Å². The van der Waals surface area contributed by atoms with E-state index in [1.807, 2.05) is 4.90 Å². The average molecular weight is 253 g/mol. The molecule has 18 heavy (non-hydrogen) atoms. The fourth-order valence-electron chi connectivity index (χ4n) is 2.31. The summed E-state index contributed by atoms with van der Waals surface area (Å²) in [5.41, 5.74) is 0.747. The van der Waals surface area contributed by atoms with Gasteiger partial charge >= 0.3 is 5.97 Å². The number of aliphatic carboxylic acids is 1. The number of nitrogens with zero attached hydrogens (tertiary/aromatic N) is 1. The first-order valence-electron chi connectivity index (χ1n) is 5.99. The van der Waals surface area contributed by atoms with Crippen LogP contribution in [0.1, 0.15) is 18.4 Å². The standard InChI is InChI=1S/C13H16FNO3/c14-11-6-9(3-4-12(11)16)7-15-5-1-2-10(8-15)13(17)18/h3-4,6,10,16H,1-2,5,7-8H2,(H,17,18). The number of phenols is 1. The second-order valence-corrected chi connectivity index (χ2v) is 4.70. The minimum atomic E-state index is -0.767. The van der Waals surface area contributed by atoms with Crippen LogP contribution in [-0.2, 0) is 11.3 Å². The maximum Gasteiger partial charge on any atom is 0.307 e. The van der Waals surface area contributed by atoms with Gasteiger partial charge in [0.05, 0.1) is 5.92 Å². The Bertz CT molecular complexity index is 450. The van der Waals surface area contributed by atoms with Gasteiger partial charge in [0, 0.05) is 13.1 Å². The van der Waals surface area contributed by atoms with Crippen molar-refractivity contribution in [1.29, 1.82) is 0 Å². The third kappa shape index (κ3) is 2.98. The van der Waals surface area contributed by atoms with E-state index in [1.54, 1.807) is 6.07 Å². The number of piperidine rings is 1. The molecule has 2 N–H and O–H groups in total. The predicted octanol–water partition coefficient (Wildman–Crippen LogP) is 1.83. The van der Waals surface area contributed by atoms with Crippen molar-refractivity contribution in [2.75, 3.05) is 13.1 Å². The van der Waals surface area contributed by atoms with Crippen LogP contribution < -0.4 is 0 Å². The number of carboxylic acid groups (broad SMARTS) is 1. The summed E-state index contributed by atoms with van der Waals surface area (Å²) >= 11 is 0. The van der Waals surface area contributed by atoms with E-state index < -0.39 is 11.8 Å². The molecule has 4 nitrogen and oxygen atoms in total. The Hall–Kier alpha value is -1.62. The Balaban J connectivity index is 2.00.